The van der Waals surface area contributed by atoms with Crippen LogP contribution >= 0.6 is 0 Å². The van der Waals surface area contributed by atoms with Gasteiger partial charge in [-0.3, -0.25) is 9.36 Å². The Balaban J connectivity index is 2.30. The monoisotopic (exact) mass is 274 g/mol. The Bertz CT molecular complexity index is 722. The van der Waals surface area contributed by atoms with Gasteiger partial charge in [0.05, 0.1) is 12.9 Å². The van der Waals surface area contributed by atoms with E-state index in [1.165, 1.54) is 47.4 Å². The molecule has 0 amide bonds. The minimum atomic E-state index is -1.15. The molecule has 0 saturated heterocycles. The number of hydrogen-bond donors (Lipinski definition) is 1. The summed E-state index contributed by atoms with van der Waals surface area (Å²) in [6, 6.07) is 5.59. The standard InChI is InChI=1S/C14H11FN2O3/c15-12-3-1-10(7-11(12)2-4-14(19)20)8-17-9-16-6-5-13(17)18/h1-7,9H,8H2,(H,19,20). The van der Waals surface area contributed by atoms with Crippen LogP contribution in [0.2, 0.25) is 0 Å². The van der Waals surface area contributed by atoms with E-state index in [2.05, 4.69) is 4.98 Å². The van der Waals surface area contributed by atoms with Crippen molar-refractivity contribution in [3.8, 4) is 0 Å². The number of halogens is 1. The fourth-order valence-corrected chi connectivity index (χ4v) is 1.67. The molecule has 0 aliphatic heterocycles. The minimum Gasteiger partial charge on any atom is -0.478 e. The maximum Gasteiger partial charge on any atom is 0.328 e. The van der Waals surface area contributed by atoms with E-state index in [1.807, 2.05) is 0 Å². The Hall–Kier alpha value is -2.76. The van der Waals surface area contributed by atoms with Gasteiger partial charge in [0.15, 0.2) is 0 Å². The molecule has 5 nitrogen and oxygen atoms in total. The molecule has 0 aliphatic rings. The fourth-order valence-electron chi connectivity index (χ4n) is 1.67. The number of carbonyl (C=O) groups is 1. The average Bonchev–Trinajstić information content (AvgIpc) is 2.42. The SMILES string of the molecule is O=C(O)C=Cc1cc(Cn2cnccc2=O)ccc1F. The summed E-state index contributed by atoms with van der Waals surface area (Å²) in [5, 5.41) is 8.54. The van der Waals surface area contributed by atoms with Gasteiger partial charge in [-0.15, -0.1) is 0 Å². The number of aromatic nitrogens is 2. The van der Waals surface area contributed by atoms with Gasteiger partial charge in [-0.2, -0.15) is 0 Å². The van der Waals surface area contributed by atoms with E-state index < -0.39 is 11.8 Å². The van der Waals surface area contributed by atoms with Gasteiger partial charge in [-0.05, 0) is 23.8 Å². The maximum absolute atomic E-state index is 13.5. The Morgan fingerprint density at radius 1 is 1.40 bits per heavy atom. The van der Waals surface area contributed by atoms with Crippen LogP contribution in [0.25, 0.3) is 6.08 Å². The summed E-state index contributed by atoms with van der Waals surface area (Å²) in [6.45, 7) is 0.237. The number of benzene rings is 1. The average molecular weight is 274 g/mol. The van der Waals surface area contributed by atoms with Crippen molar-refractivity contribution >= 4 is 12.0 Å². The summed E-state index contributed by atoms with van der Waals surface area (Å²) < 4.78 is 14.9. The first-order valence-corrected chi connectivity index (χ1v) is 5.76. The van der Waals surface area contributed by atoms with E-state index in [4.69, 9.17) is 5.11 Å². The second-order valence-electron chi connectivity index (χ2n) is 4.07. The largest absolute Gasteiger partial charge is 0.478 e. The normalized spacial score (nSPS) is 10.8. The highest BCUT2D eigenvalue weighted by Gasteiger charge is 2.03. The molecule has 0 radical (unpaired) electrons. The van der Waals surface area contributed by atoms with Gasteiger partial charge in [-0.25, -0.2) is 14.2 Å². The Morgan fingerprint density at radius 2 is 2.20 bits per heavy atom. The third-order valence-electron chi connectivity index (χ3n) is 2.61. The van der Waals surface area contributed by atoms with Crippen molar-refractivity contribution in [1.29, 1.82) is 0 Å². The molecule has 0 spiro atoms. The van der Waals surface area contributed by atoms with Gasteiger partial charge >= 0.3 is 5.97 Å². The molecule has 2 aromatic rings. The zero-order valence-corrected chi connectivity index (χ0v) is 10.4. The number of aliphatic carboxylic acids is 1. The van der Waals surface area contributed by atoms with E-state index in [9.17, 15) is 14.0 Å². The van der Waals surface area contributed by atoms with Crippen molar-refractivity contribution in [3.63, 3.8) is 0 Å². The van der Waals surface area contributed by atoms with Crippen molar-refractivity contribution < 1.29 is 14.3 Å². The van der Waals surface area contributed by atoms with Gasteiger partial charge < -0.3 is 5.11 Å². The van der Waals surface area contributed by atoms with E-state index in [0.29, 0.717) is 5.56 Å². The Morgan fingerprint density at radius 3 is 2.90 bits per heavy atom. The Labute approximate surface area is 113 Å². The highest BCUT2D eigenvalue weighted by molar-refractivity contribution is 5.85. The molecule has 0 bridgehead atoms. The van der Waals surface area contributed by atoms with Crippen molar-refractivity contribution in [2.24, 2.45) is 0 Å². The lowest BCUT2D eigenvalue weighted by molar-refractivity contribution is -0.131. The molecule has 2 rings (SSSR count). The summed E-state index contributed by atoms with van der Waals surface area (Å²) in [5.41, 5.74) is 0.611. The summed E-state index contributed by atoms with van der Waals surface area (Å²) >= 11 is 0. The predicted molar refractivity (Wildman–Crippen MR) is 70.7 cm³/mol. The molecule has 0 atom stereocenters. The van der Waals surface area contributed by atoms with Gasteiger partial charge in [0, 0.05) is 23.9 Å². The molecule has 0 unspecified atom stereocenters. The summed E-state index contributed by atoms with van der Waals surface area (Å²) in [6.07, 6.45) is 4.81. The first kappa shape index (κ1) is 13.7. The van der Waals surface area contributed by atoms with E-state index in [-0.39, 0.29) is 17.7 Å². The van der Waals surface area contributed by atoms with Crippen LogP contribution in [0.4, 0.5) is 4.39 Å². The zero-order chi connectivity index (χ0) is 14.5. The number of carboxylic acid groups (broad SMARTS) is 1. The maximum atomic E-state index is 13.5. The van der Waals surface area contributed by atoms with Crippen molar-refractivity contribution in [3.05, 3.63) is 70.2 Å². The minimum absolute atomic E-state index is 0.154. The van der Waals surface area contributed by atoms with Crippen LogP contribution in [0.3, 0.4) is 0 Å². The second-order valence-corrected chi connectivity index (χ2v) is 4.07. The van der Waals surface area contributed by atoms with Crippen molar-refractivity contribution in [1.82, 2.24) is 9.55 Å². The predicted octanol–water partition coefficient (Wildman–Crippen LogP) is 1.53. The van der Waals surface area contributed by atoms with Crippen LogP contribution in [-0.4, -0.2) is 20.6 Å². The third kappa shape index (κ3) is 3.38. The molecular formula is C14H11FN2O3. The van der Waals surface area contributed by atoms with Crippen molar-refractivity contribution in [2.45, 2.75) is 6.54 Å². The van der Waals surface area contributed by atoms with Gasteiger partial charge in [0.1, 0.15) is 5.82 Å². The highest BCUT2D eigenvalue weighted by atomic mass is 19.1. The number of rotatable bonds is 4. The lowest BCUT2D eigenvalue weighted by Crippen LogP contribution is -2.19. The van der Waals surface area contributed by atoms with Gasteiger partial charge in [0.2, 0.25) is 0 Å². The van der Waals surface area contributed by atoms with Gasteiger partial charge in [-0.1, -0.05) is 6.07 Å². The quantitative estimate of drug-likeness (QED) is 0.858. The lowest BCUT2D eigenvalue weighted by Gasteiger charge is -2.06. The Kier molecular flexibility index (Phi) is 4.05. The molecular weight excluding hydrogens is 263 g/mol. The molecule has 1 N–H and O–H groups in total. The number of hydrogen-bond acceptors (Lipinski definition) is 3. The lowest BCUT2D eigenvalue weighted by atomic mass is 10.1. The first-order valence-electron chi connectivity index (χ1n) is 5.76. The summed E-state index contributed by atoms with van der Waals surface area (Å²) in [4.78, 5) is 25.8. The smallest absolute Gasteiger partial charge is 0.328 e. The van der Waals surface area contributed by atoms with Crippen LogP contribution in [0.5, 0.6) is 0 Å². The van der Waals surface area contributed by atoms with Crippen LogP contribution < -0.4 is 5.56 Å². The fraction of sp³-hybridized carbons (Fsp3) is 0.0714. The summed E-state index contributed by atoms with van der Waals surface area (Å²) in [5.74, 6) is -1.68. The van der Waals surface area contributed by atoms with Crippen LogP contribution in [-0.2, 0) is 11.3 Å². The molecule has 20 heavy (non-hydrogen) atoms. The number of nitrogens with zero attached hydrogens (tertiary/aromatic N) is 2. The molecule has 1 heterocycles. The van der Waals surface area contributed by atoms with Crippen LogP contribution in [0, 0.1) is 5.82 Å². The molecule has 1 aromatic heterocycles. The zero-order valence-electron chi connectivity index (χ0n) is 10.4. The van der Waals surface area contributed by atoms with E-state index >= 15 is 0 Å². The molecule has 1 aromatic carbocycles. The van der Waals surface area contributed by atoms with E-state index in [0.717, 1.165) is 6.08 Å². The molecule has 6 heteroatoms. The topological polar surface area (TPSA) is 72.2 Å². The molecule has 102 valence electrons. The molecule has 0 fully saturated rings. The van der Waals surface area contributed by atoms with E-state index in [1.54, 1.807) is 0 Å². The van der Waals surface area contributed by atoms with Crippen molar-refractivity contribution in [2.75, 3.05) is 0 Å². The highest BCUT2D eigenvalue weighted by Crippen LogP contribution is 2.13. The first-order chi connectivity index (χ1) is 9.56. The third-order valence-corrected chi connectivity index (χ3v) is 2.61. The van der Waals surface area contributed by atoms with Crippen LogP contribution in [0.1, 0.15) is 11.1 Å². The molecule has 0 saturated carbocycles. The number of carboxylic acids is 1. The molecule has 0 aliphatic carbocycles. The van der Waals surface area contributed by atoms with Gasteiger partial charge in [0.25, 0.3) is 5.56 Å². The second kappa shape index (κ2) is 5.92. The summed E-state index contributed by atoms with van der Waals surface area (Å²) in [7, 11) is 0. The van der Waals surface area contributed by atoms with Crippen LogP contribution in [0.15, 0.2) is 47.7 Å².